The van der Waals surface area contributed by atoms with Crippen molar-refractivity contribution in [3.8, 4) is 11.5 Å². The van der Waals surface area contributed by atoms with Crippen molar-refractivity contribution in [1.82, 2.24) is 0 Å². The third-order valence-corrected chi connectivity index (χ3v) is 4.92. The number of thiophene rings is 1. The Bertz CT molecular complexity index is 644. The average Bonchev–Trinajstić information content (AvgIpc) is 2.77. The number of rotatable bonds is 4. The minimum absolute atomic E-state index is 0.186. The van der Waals surface area contributed by atoms with Crippen molar-refractivity contribution in [3.63, 3.8) is 0 Å². The molecule has 1 aromatic heterocycles. The van der Waals surface area contributed by atoms with Gasteiger partial charge < -0.3 is 8.92 Å². The van der Waals surface area contributed by atoms with Gasteiger partial charge in [-0.15, -0.1) is 11.3 Å². The molecule has 6 heteroatoms. The lowest BCUT2D eigenvalue weighted by Crippen LogP contribution is -2.08. The first-order chi connectivity index (χ1) is 8.53. The van der Waals surface area contributed by atoms with E-state index in [9.17, 15) is 8.42 Å². The number of benzene rings is 1. The lowest BCUT2D eigenvalue weighted by molar-refractivity contribution is 0.391. The van der Waals surface area contributed by atoms with Crippen molar-refractivity contribution < 1.29 is 17.3 Å². The molecular formula is C12H12O4S2. The van der Waals surface area contributed by atoms with Gasteiger partial charge in [0.1, 0.15) is 0 Å². The molecule has 0 bridgehead atoms. The van der Waals surface area contributed by atoms with Gasteiger partial charge in [0.05, 0.1) is 7.11 Å². The summed E-state index contributed by atoms with van der Waals surface area (Å²) in [6, 6.07) is 9.90. The van der Waals surface area contributed by atoms with Crippen LogP contribution in [0.2, 0.25) is 0 Å². The van der Waals surface area contributed by atoms with Crippen LogP contribution < -0.4 is 8.92 Å². The Hall–Kier alpha value is -1.53. The Morgan fingerprint density at radius 1 is 1.06 bits per heavy atom. The highest BCUT2D eigenvalue weighted by Crippen LogP contribution is 2.30. The van der Waals surface area contributed by atoms with Crippen LogP contribution in [0.1, 0.15) is 4.88 Å². The molecule has 0 aliphatic heterocycles. The van der Waals surface area contributed by atoms with E-state index in [1.807, 2.05) is 6.92 Å². The summed E-state index contributed by atoms with van der Waals surface area (Å²) in [5.74, 6) is 0.570. The minimum Gasteiger partial charge on any atom is -0.493 e. The SMILES string of the molecule is COc1ccccc1OS(=O)(=O)c1ccc(C)s1. The highest BCUT2D eigenvalue weighted by Gasteiger charge is 2.20. The smallest absolute Gasteiger partial charge is 0.348 e. The molecular weight excluding hydrogens is 272 g/mol. The van der Waals surface area contributed by atoms with E-state index in [4.69, 9.17) is 8.92 Å². The zero-order chi connectivity index (χ0) is 13.2. The second-order valence-electron chi connectivity index (χ2n) is 3.55. The van der Waals surface area contributed by atoms with Gasteiger partial charge in [-0.25, -0.2) is 0 Å². The molecule has 0 saturated heterocycles. The third-order valence-electron chi connectivity index (χ3n) is 2.23. The summed E-state index contributed by atoms with van der Waals surface area (Å²) in [5.41, 5.74) is 0. The number of ether oxygens (including phenoxy) is 1. The molecule has 0 spiro atoms. The maximum Gasteiger partial charge on any atom is 0.348 e. The summed E-state index contributed by atoms with van der Waals surface area (Å²) >= 11 is 1.17. The summed E-state index contributed by atoms with van der Waals surface area (Å²) in [4.78, 5) is 0.914. The lowest BCUT2D eigenvalue weighted by atomic mass is 10.3. The van der Waals surface area contributed by atoms with Crippen LogP contribution in [-0.2, 0) is 10.1 Å². The molecule has 0 atom stereocenters. The van der Waals surface area contributed by atoms with E-state index >= 15 is 0 Å². The summed E-state index contributed by atoms with van der Waals surface area (Å²) in [5, 5.41) is 0. The molecule has 2 aromatic rings. The highest BCUT2D eigenvalue weighted by atomic mass is 32.3. The fourth-order valence-electron chi connectivity index (χ4n) is 1.39. The molecule has 0 aliphatic rings. The first kappa shape index (κ1) is 12.9. The van der Waals surface area contributed by atoms with E-state index in [1.54, 1.807) is 30.3 Å². The van der Waals surface area contributed by atoms with E-state index in [1.165, 1.54) is 24.5 Å². The normalized spacial score (nSPS) is 11.2. The van der Waals surface area contributed by atoms with Gasteiger partial charge >= 0.3 is 10.1 Å². The minimum atomic E-state index is -3.79. The van der Waals surface area contributed by atoms with Crippen molar-refractivity contribution in [1.29, 1.82) is 0 Å². The second-order valence-corrected chi connectivity index (χ2v) is 6.61. The van der Waals surface area contributed by atoms with Gasteiger partial charge in [0.2, 0.25) is 0 Å². The molecule has 1 aromatic carbocycles. The molecule has 0 radical (unpaired) electrons. The van der Waals surface area contributed by atoms with Crippen molar-refractivity contribution in [2.75, 3.05) is 7.11 Å². The summed E-state index contributed by atoms with van der Waals surface area (Å²) in [7, 11) is -2.32. The van der Waals surface area contributed by atoms with E-state index < -0.39 is 10.1 Å². The van der Waals surface area contributed by atoms with E-state index in [2.05, 4.69) is 0 Å². The van der Waals surface area contributed by atoms with E-state index in [0.717, 1.165) is 4.88 Å². The summed E-state index contributed by atoms with van der Waals surface area (Å²) in [6.45, 7) is 1.84. The van der Waals surface area contributed by atoms with E-state index in [-0.39, 0.29) is 9.96 Å². The molecule has 4 nitrogen and oxygen atoms in total. The molecule has 18 heavy (non-hydrogen) atoms. The molecule has 0 unspecified atom stereocenters. The number of aryl methyl sites for hydroxylation is 1. The largest absolute Gasteiger partial charge is 0.493 e. The monoisotopic (exact) mass is 284 g/mol. The summed E-state index contributed by atoms with van der Waals surface area (Å²) in [6.07, 6.45) is 0. The third kappa shape index (κ3) is 2.65. The van der Waals surface area contributed by atoms with Crippen molar-refractivity contribution in [2.24, 2.45) is 0 Å². The highest BCUT2D eigenvalue weighted by molar-refractivity contribution is 7.89. The van der Waals surface area contributed by atoms with Gasteiger partial charge in [0.25, 0.3) is 0 Å². The lowest BCUT2D eigenvalue weighted by Gasteiger charge is -2.08. The Labute approximate surface area is 110 Å². The Kier molecular flexibility index (Phi) is 3.58. The van der Waals surface area contributed by atoms with Crippen molar-refractivity contribution in [2.45, 2.75) is 11.1 Å². The van der Waals surface area contributed by atoms with Crippen LogP contribution in [0.15, 0.2) is 40.6 Å². The van der Waals surface area contributed by atoms with Gasteiger partial charge in [-0.1, -0.05) is 12.1 Å². The van der Waals surface area contributed by atoms with Crippen LogP contribution in [0.4, 0.5) is 0 Å². The molecule has 2 rings (SSSR count). The van der Waals surface area contributed by atoms with Gasteiger partial charge in [0, 0.05) is 4.88 Å². The van der Waals surface area contributed by atoms with E-state index in [0.29, 0.717) is 5.75 Å². The second kappa shape index (κ2) is 4.99. The quantitative estimate of drug-likeness (QED) is 0.810. The predicted molar refractivity (Wildman–Crippen MR) is 69.9 cm³/mol. The maximum absolute atomic E-state index is 12.0. The molecule has 0 N–H and O–H groups in total. The molecule has 0 fully saturated rings. The Balaban J connectivity index is 2.33. The maximum atomic E-state index is 12.0. The van der Waals surface area contributed by atoms with Crippen LogP contribution in [-0.4, -0.2) is 15.5 Å². The van der Waals surface area contributed by atoms with Crippen LogP contribution in [0.25, 0.3) is 0 Å². The fourth-order valence-corrected chi connectivity index (χ4v) is 3.58. The van der Waals surface area contributed by atoms with Crippen LogP contribution in [0.5, 0.6) is 11.5 Å². The predicted octanol–water partition coefficient (Wildman–Crippen LogP) is 2.83. The van der Waals surface area contributed by atoms with Gasteiger partial charge in [0.15, 0.2) is 15.7 Å². The molecule has 96 valence electrons. The van der Waals surface area contributed by atoms with Crippen LogP contribution in [0.3, 0.4) is 0 Å². The molecule has 0 saturated carbocycles. The molecule has 0 aliphatic carbocycles. The van der Waals surface area contributed by atoms with Crippen molar-refractivity contribution in [3.05, 3.63) is 41.3 Å². The summed E-state index contributed by atoms with van der Waals surface area (Å²) < 4.78 is 34.3. The van der Waals surface area contributed by atoms with Crippen LogP contribution in [0, 0.1) is 6.92 Å². The number of hydrogen-bond donors (Lipinski definition) is 0. The molecule has 0 amide bonds. The Morgan fingerprint density at radius 3 is 2.28 bits per heavy atom. The number of hydrogen-bond acceptors (Lipinski definition) is 5. The average molecular weight is 284 g/mol. The van der Waals surface area contributed by atoms with Gasteiger partial charge in [-0.3, -0.25) is 0 Å². The zero-order valence-electron chi connectivity index (χ0n) is 9.91. The topological polar surface area (TPSA) is 52.6 Å². The number of para-hydroxylation sites is 2. The van der Waals surface area contributed by atoms with Gasteiger partial charge in [-0.2, -0.15) is 8.42 Å². The first-order valence-electron chi connectivity index (χ1n) is 5.17. The standard InChI is InChI=1S/C12H12O4S2/c1-9-7-8-12(17-9)18(13,14)16-11-6-4-3-5-10(11)15-2/h3-8H,1-2H3. The fraction of sp³-hybridized carbons (Fsp3) is 0.167. The molecule has 1 heterocycles. The zero-order valence-corrected chi connectivity index (χ0v) is 11.5. The first-order valence-corrected chi connectivity index (χ1v) is 7.39. The Morgan fingerprint density at radius 2 is 1.72 bits per heavy atom. The van der Waals surface area contributed by atoms with Crippen molar-refractivity contribution >= 4 is 21.5 Å². The van der Waals surface area contributed by atoms with Crippen LogP contribution >= 0.6 is 11.3 Å². The number of methoxy groups -OCH3 is 1. The van der Waals surface area contributed by atoms with Gasteiger partial charge in [-0.05, 0) is 31.2 Å².